The molecule has 2 unspecified atom stereocenters. The van der Waals surface area contributed by atoms with Crippen LogP contribution in [0, 0.1) is 0 Å². The lowest BCUT2D eigenvalue weighted by Gasteiger charge is -2.24. The fraction of sp³-hybridized carbons (Fsp3) is 0.500. The number of thioether (sulfide) groups is 1. The minimum Gasteiger partial charge on any atom is -0.488 e. The Labute approximate surface area is 208 Å². The number of hydrogen-bond donors (Lipinski definition) is 2. The third-order valence-corrected chi connectivity index (χ3v) is 8.88. The smallest absolute Gasteiger partial charge is 0.214 e. The Kier molecular flexibility index (Phi) is 7.19. The Morgan fingerprint density at radius 2 is 2.03 bits per heavy atom. The Morgan fingerprint density at radius 3 is 2.74 bits per heavy atom. The molecule has 35 heavy (non-hydrogen) atoms. The number of dihydropyridines is 1. The summed E-state index contributed by atoms with van der Waals surface area (Å²) >= 11 is 1.67. The summed E-state index contributed by atoms with van der Waals surface area (Å²) in [6.07, 6.45) is 6.81. The molecule has 0 amide bonds. The van der Waals surface area contributed by atoms with Gasteiger partial charge in [-0.05, 0) is 24.6 Å². The van der Waals surface area contributed by atoms with Crippen LogP contribution in [0.25, 0.3) is 10.9 Å². The first-order valence-electron chi connectivity index (χ1n) is 11.7. The molecule has 0 bridgehead atoms. The van der Waals surface area contributed by atoms with Gasteiger partial charge in [0.25, 0.3) is 0 Å². The maximum atomic E-state index is 11.8. The van der Waals surface area contributed by atoms with Crippen molar-refractivity contribution in [1.82, 2.24) is 4.98 Å². The normalized spacial score (nSPS) is 23.4. The van der Waals surface area contributed by atoms with Crippen molar-refractivity contribution in [2.75, 3.05) is 39.2 Å². The van der Waals surface area contributed by atoms with E-state index in [1.165, 1.54) is 6.26 Å². The van der Waals surface area contributed by atoms with E-state index in [9.17, 15) is 13.5 Å². The van der Waals surface area contributed by atoms with Crippen LogP contribution >= 0.6 is 11.8 Å². The molecule has 0 saturated carbocycles. The minimum absolute atomic E-state index is 0.0449. The molecule has 1 aromatic carbocycles. The summed E-state index contributed by atoms with van der Waals surface area (Å²) in [4.78, 5) is 12.4. The Bertz CT molecular complexity index is 1280. The van der Waals surface area contributed by atoms with Crippen LogP contribution in [0.4, 0.5) is 0 Å². The molecule has 188 valence electrons. The number of H-pyrrole nitrogens is 1. The summed E-state index contributed by atoms with van der Waals surface area (Å²) in [6, 6.07) is 5.79. The predicted molar refractivity (Wildman–Crippen MR) is 138 cm³/mol. The van der Waals surface area contributed by atoms with Crippen LogP contribution in [0.15, 0.2) is 40.3 Å². The topological polar surface area (TPSA) is 123 Å². The highest BCUT2D eigenvalue weighted by Gasteiger charge is 2.24. The Morgan fingerprint density at radius 1 is 1.20 bits per heavy atom. The number of aliphatic imine (C=N–C) groups is 2. The first-order chi connectivity index (χ1) is 16.9. The number of aliphatic hydroxyl groups is 1. The number of aromatic amines is 1. The molecule has 2 atom stereocenters. The lowest BCUT2D eigenvalue weighted by atomic mass is 10.1. The number of aliphatic hydroxyl groups excluding tert-OH is 1. The molecule has 5 rings (SSSR count). The third-order valence-electron chi connectivity index (χ3n) is 6.18. The van der Waals surface area contributed by atoms with Crippen LogP contribution in [0.2, 0.25) is 0 Å². The SMILES string of the molecule is CS(=O)(=O)C1C=CC(Oc2cc(OC3CCOCC3)c3[nH]c(C4=NCC(CCO)S4)cc3c2)=NC1. The molecule has 0 aliphatic carbocycles. The van der Waals surface area contributed by atoms with Crippen molar-refractivity contribution < 1.29 is 27.7 Å². The molecule has 9 nitrogen and oxygen atoms in total. The molecular weight excluding hydrogens is 490 g/mol. The van der Waals surface area contributed by atoms with Gasteiger partial charge in [-0.1, -0.05) is 17.8 Å². The van der Waals surface area contributed by atoms with Crippen LogP contribution in [0.3, 0.4) is 0 Å². The zero-order valence-electron chi connectivity index (χ0n) is 19.5. The standard InChI is InChI=1S/C24H29N3O6S2/c1-35(29,30)19-2-3-22(25-14-19)33-17-10-15-11-20(24-26-13-18(34-24)4-7-28)27-23(15)21(12-17)32-16-5-8-31-9-6-16/h2-3,10-12,16,18-19,27-28H,4-9,13-14H2,1H3. The van der Waals surface area contributed by atoms with Gasteiger partial charge in [0.1, 0.15) is 22.6 Å². The van der Waals surface area contributed by atoms with Crippen LogP contribution in [-0.2, 0) is 14.6 Å². The largest absolute Gasteiger partial charge is 0.488 e. The van der Waals surface area contributed by atoms with Crippen molar-refractivity contribution in [2.45, 2.75) is 35.9 Å². The molecule has 0 spiro atoms. The number of nitrogens with one attached hydrogen (secondary N) is 1. The van der Waals surface area contributed by atoms with Gasteiger partial charge >= 0.3 is 0 Å². The fourth-order valence-corrected chi connectivity index (χ4v) is 6.02. The van der Waals surface area contributed by atoms with Crippen LogP contribution in [0.1, 0.15) is 25.0 Å². The van der Waals surface area contributed by atoms with Crippen molar-refractivity contribution in [1.29, 1.82) is 0 Å². The highest BCUT2D eigenvalue weighted by molar-refractivity contribution is 8.15. The first kappa shape index (κ1) is 24.4. The van der Waals surface area contributed by atoms with Gasteiger partial charge in [-0.15, -0.1) is 0 Å². The van der Waals surface area contributed by atoms with Gasteiger partial charge in [0.2, 0.25) is 5.90 Å². The minimum atomic E-state index is -3.20. The number of benzene rings is 1. The van der Waals surface area contributed by atoms with Gasteiger partial charge in [0, 0.05) is 42.4 Å². The molecule has 11 heteroatoms. The van der Waals surface area contributed by atoms with E-state index in [-0.39, 0.29) is 24.5 Å². The number of ether oxygens (including phenoxy) is 3. The monoisotopic (exact) mass is 519 g/mol. The molecule has 1 saturated heterocycles. The number of aromatic nitrogens is 1. The molecule has 1 aromatic heterocycles. The summed E-state index contributed by atoms with van der Waals surface area (Å²) in [5, 5.41) is 10.7. The highest BCUT2D eigenvalue weighted by atomic mass is 32.2. The van der Waals surface area contributed by atoms with Gasteiger partial charge in [-0.3, -0.25) is 4.99 Å². The highest BCUT2D eigenvalue weighted by Crippen LogP contribution is 2.36. The second-order valence-corrected chi connectivity index (χ2v) is 12.5. The molecular formula is C24H29N3O6S2. The second kappa shape index (κ2) is 10.3. The van der Waals surface area contributed by atoms with Gasteiger partial charge in [-0.25, -0.2) is 13.4 Å². The van der Waals surface area contributed by atoms with E-state index in [0.29, 0.717) is 43.6 Å². The van der Waals surface area contributed by atoms with Gasteiger partial charge in [0.05, 0.1) is 42.8 Å². The van der Waals surface area contributed by atoms with Crippen molar-refractivity contribution in [3.8, 4) is 11.5 Å². The first-order valence-corrected chi connectivity index (χ1v) is 14.6. The summed E-state index contributed by atoms with van der Waals surface area (Å²) in [6.45, 7) is 2.32. The molecule has 3 aliphatic rings. The zero-order chi connectivity index (χ0) is 24.4. The van der Waals surface area contributed by atoms with Gasteiger partial charge < -0.3 is 24.3 Å². The average Bonchev–Trinajstić information content (AvgIpc) is 3.47. The number of hydrogen-bond acceptors (Lipinski definition) is 9. The number of rotatable bonds is 7. The van der Waals surface area contributed by atoms with Gasteiger partial charge in [-0.2, -0.15) is 0 Å². The van der Waals surface area contributed by atoms with Crippen LogP contribution in [0.5, 0.6) is 11.5 Å². The van der Waals surface area contributed by atoms with E-state index in [0.717, 1.165) is 34.5 Å². The fourth-order valence-electron chi connectivity index (χ4n) is 4.23. The van der Waals surface area contributed by atoms with Gasteiger partial charge in [0.15, 0.2) is 9.84 Å². The Balaban J connectivity index is 1.42. The number of sulfone groups is 1. The van der Waals surface area contributed by atoms with E-state index >= 15 is 0 Å². The molecule has 4 heterocycles. The molecule has 2 aromatic rings. The van der Waals surface area contributed by atoms with E-state index in [2.05, 4.69) is 15.0 Å². The summed E-state index contributed by atoms with van der Waals surface area (Å²) < 4.78 is 41.5. The van der Waals surface area contributed by atoms with Crippen molar-refractivity contribution in [3.63, 3.8) is 0 Å². The van der Waals surface area contributed by atoms with Crippen LogP contribution in [-0.4, -0.2) is 85.2 Å². The Hall–Kier alpha value is -2.34. The average molecular weight is 520 g/mol. The molecule has 1 fully saturated rings. The lowest BCUT2D eigenvalue weighted by Crippen LogP contribution is -2.26. The lowest BCUT2D eigenvalue weighted by molar-refractivity contribution is 0.0261. The number of fused-ring (bicyclic) bond motifs is 1. The van der Waals surface area contributed by atoms with E-state index in [4.69, 9.17) is 14.2 Å². The maximum Gasteiger partial charge on any atom is 0.214 e. The van der Waals surface area contributed by atoms with E-state index < -0.39 is 15.1 Å². The predicted octanol–water partition coefficient (Wildman–Crippen LogP) is 2.73. The third kappa shape index (κ3) is 5.74. The second-order valence-electron chi connectivity index (χ2n) is 8.90. The van der Waals surface area contributed by atoms with Crippen molar-refractivity contribution >= 4 is 43.4 Å². The maximum absolute atomic E-state index is 11.8. The summed E-state index contributed by atoms with van der Waals surface area (Å²) in [5.74, 6) is 1.60. The van der Waals surface area contributed by atoms with Crippen molar-refractivity contribution in [2.24, 2.45) is 9.98 Å². The van der Waals surface area contributed by atoms with E-state index in [1.807, 2.05) is 18.2 Å². The van der Waals surface area contributed by atoms with Crippen molar-refractivity contribution in [3.05, 3.63) is 36.0 Å². The molecule has 3 aliphatic heterocycles. The number of nitrogens with zero attached hydrogens (tertiary/aromatic N) is 2. The summed E-state index contributed by atoms with van der Waals surface area (Å²) in [5.41, 5.74) is 1.77. The molecule has 2 N–H and O–H groups in total. The summed E-state index contributed by atoms with van der Waals surface area (Å²) in [7, 11) is -3.20. The van der Waals surface area contributed by atoms with Crippen LogP contribution < -0.4 is 9.47 Å². The zero-order valence-corrected chi connectivity index (χ0v) is 21.1. The van der Waals surface area contributed by atoms with E-state index in [1.54, 1.807) is 23.9 Å². The quantitative estimate of drug-likeness (QED) is 0.577. The molecule has 0 radical (unpaired) electrons.